The molecule has 0 aliphatic heterocycles. The summed E-state index contributed by atoms with van der Waals surface area (Å²) in [5.74, 6) is -0.773. The van der Waals surface area contributed by atoms with Gasteiger partial charge >= 0.3 is 5.97 Å². The molecule has 3 nitrogen and oxygen atoms in total. The van der Waals surface area contributed by atoms with Crippen LogP contribution in [0.25, 0.3) is 0 Å². The molecule has 0 fully saturated rings. The van der Waals surface area contributed by atoms with Crippen molar-refractivity contribution in [2.75, 3.05) is 6.54 Å². The van der Waals surface area contributed by atoms with Crippen LogP contribution in [0, 0.1) is 0 Å². The zero-order valence-corrected chi connectivity index (χ0v) is 5.51. The number of hydrogen-bond acceptors (Lipinski definition) is 2. The zero-order chi connectivity index (χ0) is 5.70. The molecule has 50 valence electrons. The predicted octanol–water partition coefficient (Wildman–Crippen LogP) is -0.193. The number of aliphatic carboxylic acids is 1. The topological polar surface area (TPSA) is 63.3 Å². The van der Waals surface area contributed by atoms with Gasteiger partial charge in [0.15, 0.2) is 0 Å². The van der Waals surface area contributed by atoms with Gasteiger partial charge < -0.3 is 10.8 Å². The average Bonchev–Trinajstić information content (AvgIpc) is 1.61. The minimum absolute atomic E-state index is 0. The molecule has 8 heavy (non-hydrogen) atoms. The molecular formula is C4H9FeNO2. The normalized spacial score (nSPS) is 7.62. The first kappa shape index (κ1) is 10.8. The number of carboxylic acid groups (broad SMARTS) is 1. The Bertz CT molecular complexity index is 67.1. The smallest absolute Gasteiger partial charge is 0.303 e. The van der Waals surface area contributed by atoms with Gasteiger partial charge in [0.05, 0.1) is 0 Å². The quantitative estimate of drug-likeness (QED) is 0.560. The standard InChI is InChI=1S/C4H9NO2.Fe/c5-3-1-2-4(6)7;/h1-3,5H2,(H,6,7);. The first-order valence-corrected chi connectivity index (χ1v) is 2.19. The van der Waals surface area contributed by atoms with Gasteiger partial charge in [0, 0.05) is 23.5 Å². The Morgan fingerprint density at radius 2 is 2.12 bits per heavy atom. The van der Waals surface area contributed by atoms with Crippen molar-refractivity contribution in [3.63, 3.8) is 0 Å². The van der Waals surface area contributed by atoms with Crippen LogP contribution in [0.3, 0.4) is 0 Å². The fourth-order valence-electron chi connectivity index (χ4n) is 0.253. The molecule has 0 aromatic rings. The molecule has 0 saturated carbocycles. The zero-order valence-electron chi connectivity index (χ0n) is 4.41. The van der Waals surface area contributed by atoms with Gasteiger partial charge in [-0.15, -0.1) is 0 Å². The van der Waals surface area contributed by atoms with Crippen LogP contribution in [0.1, 0.15) is 12.8 Å². The maximum atomic E-state index is 9.70. The molecule has 0 aromatic heterocycles. The van der Waals surface area contributed by atoms with E-state index in [9.17, 15) is 4.79 Å². The summed E-state index contributed by atoms with van der Waals surface area (Å²) in [5.41, 5.74) is 5.01. The third-order valence-electron chi connectivity index (χ3n) is 0.595. The summed E-state index contributed by atoms with van der Waals surface area (Å²) < 4.78 is 0. The molecule has 0 aliphatic carbocycles. The molecule has 3 N–H and O–H groups in total. The first-order chi connectivity index (χ1) is 3.27. The van der Waals surface area contributed by atoms with Gasteiger partial charge in [-0.25, -0.2) is 0 Å². The van der Waals surface area contributed by atoms with Crippen LogP contribution >= 0.6 is 0 Å². The Kier molecular flexibility index (Phi) is 9.42. The fourth-order valence-corrected chi connectivity index (χ4v) is 0.253. The molecule has 0 aromatic carbocycles. The van der Waals surface area contributed by atoms with Crippen LogP contribution in [0.15, 0.2) is 0 Å². The van der Waals surface area contributed by atoms with Crippen LogP contribution in [-0.2, 0) is 21.9 Å². The summed E-state index contributed by atoms with van der Waals surface area (Å²) in [5, 5.41) is 7.99. The molecule has 0 heterocycles. The molecule has 0 amide bonds. The van der Waals surface area contributed by atoms with Gasteiger partial charge in [-0.2, -0.15) is 0 Å². The monoisotopic (exact) mass is 159 g/mol. The van der Waals surface area contributed by atoms with E-state index in [1.54, 1.807) is 0 Å². The molecule has 0 saturated heterocycles. The number of hydrogen-bond donors (Lipinski definition) is 2. The minimum atomic E-state index is -0.773. The second kappa shape index (κ2) is 6.95. The molecule has 0 bridgehead atoms. The van der Waals surface area contributed by atoms with E-state index < -0.39 is 5.97 Å². The van der Waals surface area contributed by atoms with E-state index in [0.717, 1.165) is 0 Å². The van der Waals surface area contributed by atoms with Crippen molar-refractivity contribution in [3.05, 3.63) is 0 Å². The molecular weight excluding hydrogens is 150 g/mol. The second-order valence-corrected chi connectivity index (χ2v) is 1.29. The van der Waals surface area contributed by atoms with Crippen LogP contribution in [0.5, 0.6) is 0 Å². The summed E-state index contributed by atoms with van der Waals surface area (Å²) in [6.45, 7) is 0.465. The van der Waals surface area contributed by atoms with Crippen LogP contribution < -0.4 is 5.73 Å². The van der Waals surface area contributed by atoms with Crippen molar-refractivity contribution >= 4 is 5.97 Å². The van der Waals surface area contributed by atoms with Gasteiger partial charge in [0.25, 0.3) is 0 Å². The number of rotatable bonds is 3. The van der Waals surface area contributed by atoms with Gasteiger partial charge in [-0.1, -0.05) is 0 Å². The van der Waals surface area contributed by atoms with E-state index in [2.05, 4.69) is 0 Å². The third kappa shape index (κ3) is 9.34. The molecule has 4 heteroatoms. The van der Waals surface area contributed by atoms with Gasteiger partial charge in [-0.05, 0) is 13.0 Å². The van der Waals surface area contributed by atoms with Crippen molar-refractivity contribution in [2.45, 2.75) is 12.8 Å². The Labute approximate surface area is 58.7 Å². The molecule has 0 rings (SSSR count). The van der Waals surface area contributed by atoms with Gasteiger partial charge in [0.1, 0.15) is 0 Å². The van der Waals surface area contributed by atoms with E-state index in [1.807, 2.05) is 0 Å². The van der Waals surface area contributed by atoms with Crippen LogP contribution in [0.2, 0.25) is 0 Å². The molecule has 0 unspecified atom stereocenters. The third-order valence-corrected chi connectivity index (χ3v) is 0.595. The van der Waals surface area contributed by atoms with E-state index >= 15 is 0 Å². The Balaban J connectivity index is 0. The fraction of sp³-hybridized carbons (Fsp3) is 0.750. The Morgan fingerprint density at radius 3 is 2.25 bits per heavy atom. The van der Waals surface area contributed by atoms with Crippen molar-refractivity contribution in [2.24, 2.45) is 5.73 Å². The van der Waals surface area contributed by atoms with E-state index in [0.29, 0.717) is 13.0 Å². The number of nitrogens with two attached hydrogens (primary N) is 1. The average molecular weight is 159 g/mol. The van der Waals surface area contributed by atoms with Crippen molar-refractivity contribution in [1.82, 2.24) is 0 Å². The Morgan fingerprint density at radius 1 is 1.62 bits per heavy atom. The maximum absolute atomic E-state index is 9.70. The van der Waals surface area contributed by atoms with Crippen LogP contribution in [-0.4, -0.2) is 17.6 Å². The summed E-state index contributed by atoms with van der Waals surface area (Å²) >= 11 is 0. The van der Waals surface area contributed by atoms with Crippen molar-refractivity contribution in [1.29, 1.82) is 0 Å². The first-order valence-electron chi connectivity index (χ1n) is 2.19. The SMILES string of the molecule is NCCCC(=O)O.[Fe]. The summed E-state index contributed by atoms with van der Waals surface area (Å²) in [6.07, 6.45) is 0.770. The van der Waals surface area contributed by atoms with Gasteiger partial charge in [-0.3, -0.25) is 4.79 Å². The Hall–Kier alpha value is -0.0505. The summed E-state index contributed by atoms with van der Waals surface area (Å²) in [6, 6.07) is 0. The maximum Gasteiger partial charge on any atom is 0.303 e. The number of carboxylic acids is 1. The van der Waals surface area contributed by atoms with E-state index in [1.165, 1.54) is 0 Å². The second-order valence-electron chi connectivity index (χ2n) is 1.29. The van der Waals surface area contributed by atoms with E-state index in [4.69, 9.17) is 10.8 Å². The molecule has 0 spiro atoms. The number of carbonyl (C=O) groups is 1. The van der Waals surface area contributed by atoms with Crippen molar-refractivity contribution in [3.8, 4) is 0 Å². The van der Waals surface area contributed by atoms with Gasteiger partial charge in [0.2, 0.25) is 0 Å². The summed E-state index contributed by atoms with van der Waals surface area (Å²) in [4.78, 5) is 9.70. The largest absolute Gasteiger partial charge is 0.481 e. The van der Waals surface area contributed by atoms with Crippen molar-refractivity contribution < 1.29 is 27.0 Å². The van der Waals surface area contributed by atoms with E-state index in [-0.39, 0.29) is 23.5 Å². The molecule has 0 radical (unpaired) electrons. The summed E-state index contributed by atoms with van der Waals surface area (Å²) in [7, 11) is 0. The minimum Gasteiger partial charge on any atom is -0.481 e. The molecule has 0 aliphatic rings. The van der Waals surface area contributed by atoms with Crippen LogP contribution in [0.4, 0.5) is 0 Å². The molecule has 0 atom stereocenters. The predicted molar refractivity (Wildman–Crippen MR) is 25.9 cm³/mol.